The maximum Gasteiger partial charge on any atom is 0.303 e. The van der Waals surface area contributed by atoms with Crippen molar-refractivity contribution in [2.24, 2.45) is 11.8 Å². The normalized spacial score (nSPS) is 12.5. The van der Waals surface area contributed by atoms with E-state index >= 15 is 0 Å². The van der Waals surface area contributed by atoms with E-state index < -0.39 is 5.97 Å². The lowest BCUT2D eigenvalue weighted by molar-refractivity contribution is -0.138. The zero-order valence-corrected chi connectivity index (χ0v) is 12.4. The molecule has 2 aromatic rings. The fraction of sp³-hybridized carbons (Fsp3) is 0.438. The number of carboxylic acid groups (broad SMARTS) is 1. The molecule has 5 nitrogen and oxygen atoms in total. The summed E-state index contributed by atoms with van der Waals surface area (Å²) in [6, 6.07) is 7.89. The van der Waals surface area contributed by atoms with Crippen LogP contribution in [-0.2, 0) is 4.79 Å². The standard InChI is InChI=1S/C16H21N3O2/c1-11(2)7-12(8-15(20)21)9-17-16-14-6-4-3-5-13(14)10-18-19-16/h3-6,10-12H,7-9H2,1-2H3,(H,17,19)(H,20,21). The van der Waals surface area contributed by atoms with E-state index in [1.165, 1.54) is 0 Å². The highest BCUT2D eigenvalue weighted by molar-refractivity contribution is 5.90. The Morgan fingerprint density at radius 1 is 1.33 bits per heavy atom. The Morgan fingerprint density at radius 3 is 2.81 bits per heavy atom. The third-order valence-corrected chi connectivity index (χ3v) is 3.40. The molecular weight excluding hydrogens is 266 g/mol. The van der Waals surface area contributed by atoms with Gasteiger partial charge in [-0.25, -0.2) is 0 Å². The maximum absolute atomic E-state index is 11.0. The Kier molecular flexibility index (Phi) is 5.09. The molecule has 0 aliphatic carbocycles. The van der Waals surface area contributed by atoms with Crippen molar-refractivity contribution in [2.75, 3.05) is 11.9 Å². The zero-order valence-electron chi connectivity index (χ0n) is 12.4. The fourth-order valence-electron chi connectivity index (χ4n) is 2.55. The predicted molar refractivity (Wildman–Crippen MR) is 83.2 cm³/mol. The predicted octanol–water partition coefficient (Wildman–Crippen LogP) is 3.18. The molecule has 2 N–H and O–H groups in total. The molecule has 1 aromatic heterocycles. The highest BCUT2D eigenvalue weighted by atomic mass is 16.4. The van der Waals surface area contributed by atoms with Crippen molar-refractivity contribution in [1.29, 1.82) is 0 Å². The molecule has 0 amide bonds. The van der Waals surface area contributed by atoms with Gasteiger partial charge in [-0.2, -0.15) is 5.10 Å². The number of rotatable bonds is 7. The summed E-state index contributed by atoms with van der Waals surface area (Å²) in [5, 5.41) is 22.4. The molecule has 1 heterocycles. The molecule has 112 valence electrons. The van der Waals surface area contributed by atoms with Crippen molar-refractivity contribution in [1.82, 2.24) is 10.2 Å². The van der Waals surface area contributed by atoms with Crippen molar-refractivity contribution < 1.29 is 9.90 Å². The largest absolute Gasteiger partial charge is 0.481 e. The second-order valence-corrected chi connectivity index (χ2v) is 5.75. The summed E-state index contributed by atoms with van der Waals surface area (Å²) in [6.07, 6.45) is 2.77. The summed E-state index contributed by atoms with van der Waals surface area (Å²) in [5.41, 5.74) is 0. The van der Waals surface area contributed by atoms with Crippen LogP contribution in [0.3, 0.4) is 0 Å². The molecule has 0 radical (unpaired) electrons. The second-order valence-electron chi connectivity index (χ2n) is 5.75. The van der Waals surface area contributed by atoms with E-state index in [4.69, 9.17) is 5.11 Å². The SMILES string of the molecule is CC(C)CC(CNc1nncc2ccccc12)CC(=O)O. The van der Waals surface area contributed by atoms with Crippen molar-refractivity contribution in [2.45, 2.75) is 26.7 Å². The smallest absolute Gasteiger partial charge is 0.303 e. The molecule has 0 aliphatic rings. The number of hydrogen-bond acceptors (Lipinski definition) is 4. The summed E-state index contributed by atoms with van der Waals surface area (Å²) >= 11 is 0. The number of benzene rings is 1. The topological polar surface area (TPSA) is 75.1 Å². The fourth-order valence-corrected chi connectivity index (χ4v) is 2.55. The van der Waals surface area contributed by atoms with Crippen LogP contribution in [0.15, 0.2) is 30.5 Å². The van der Waals surface area contributed by atoms with Crippen molar-refractivity contribution >= 4 is 22.6 Å². The van der Waals surface area contributed by atoms with Gasteiger partial charge in [-0.1, -0.05) is 38.1 Å². The maximum atomic E-state index is 11.0. The minimum Gasteiger partial charge on any atom is -0.481 e. The van der Waals surface area contributed by atoms with E-state index in [1.807, 2.05) is 24.3 Å². The molecule has 0 saturated carbocycles. The van der Waals surface area contributed by atoms with Crippen LogP contribution >= 0.6 is 0 Å². The number of fused-ring (bicyclic) bond motifs is 1. The van der Waals surface area contributed by atoms with Gasteiger partial charge in [0.1, 0.15) is 0 Å². The van der Waals surface area contributed by atoms with Gasteiger partial charge in [-0.05, 0) is 18.3 Å². The van der Waals surface area contributed by atoms with Crippen LogP contribution in [0.25, 0.3) is 10.8 Å². The van der Waals surface area contributed by atoms with Gasteiger partial charge < -0.3 is 10.4 Å². The van der Waals surface area contributed by atoms with Gasteiger partial charge in [0.15, 0.2) is 5.82 Å². The molecule has 0 aliphatic heterocycles. The number of carboxylic acids is 1. The van der Waals surface area contributed by atoms with Crippen LogP contribution in [0.1, 0.15) is 26.7 Å². The molecule has 0 bridgehead atoms. The molecule has 0 spiro atoms. The Balaban J connectivity index is 2.09. The van der Waals surface area contributed by atoms with Crippen LogP contribution in [0.2, 0.25) is 0 Å². The van der Waals surface area contributed by atoms with Gasteiger partial charge in [-0.3, -0.25) is 4.79 Å². The first-order valence-corrected chi connectivity index (χ1v) is 7.22. The monoisotopic (exact) mass is 287 g/mol. The Morgan fingerprint density at radius 2 is 2.10 bits per heavy atom. The molecule has 1 atom stereocenters. The van der Waals surface area contributed by atoms with Gasteiger partial charge in [0.05, 0.1) is 6.20 Å². The quantitative estimate of drug-likeness (QED) is 0.818. The van der Waals surface area contributed by atoms with Gasteiger partial charge in [-0.15, -0.1) is 5.10 Å². The third-order valence-electron chi connectivity index (χ3n) is 3.40. The number of aliphatic carboxylic acids is 1. The van der Waals surface area contributed by atoms with Crippen molar-refractivity contribution in [3.05, 3.63) is 30.5 Å². The minimum absolute atomic E-state index is 0.0864. The van der Waals surface area contributed by atoms with Crippen LogP contribution in [0, 0.1) is 11.8 Å². The zero-order chi connectivity index (χ0) is 15.2. The molecule has 5 heteroatoms. The highest BCUT2D eigenvalue weighted by Crippen LogP contribution is 2.21. The van der Waals surface area contributed by atoms with Gasteiger partial charge >= 0.3 is 5.97 Å². The first-order chi connectivity index (χ1) is 10.1. The van der Waals surface area contributed by atoms with Crippen LogP contribution in [0.4, 0.5) is 5.82 Å². The van der Waals surface area contributed by atoms with Crippen LogP contribution in [0.5, 0.6) is 0 Å². The van der Waals surface area contributed by atoms with E-state index in [0.717, 1.165) is 17.2 Å². The minimum atomic E-state index is -0.758. The lowest BCUT2D eigenvalue weighted by atomic mass is 9.94. The van der Waals surface area contributed by atoms with E-state index in [9.17, 15) is 4.79 Å². The average Bonchev–Trinajstić information content (AvgIpc) is 2.43. The average molecular weight is 287 g/mol. The lowest BCUT2D eigenvalue weighted by Gasteiger charge is -2.18. The van der Waals surface area contributed by atoms with Crippen LogP contribution in [-0.4, -0.2) is 27.8 Å². The number of nitrogens with zero attached hydrogens (tertiary/aromatic N) is 2. The number of aromatic nitrogens is 2. The van der Waals surface area contributed by atoms with E-state index in [2.05, 4.69) is 29.4 Å². The second kappa shape index (κ2) is 7.02. The van der Waals surface area contributed by atoms with Gasteiger partial charge in [0.25, 0.3) is 0 Å². The first kappa shape index (κ1) is 15.2. The Labute approximate surface area is 124 Å². The lowest BCUT2D eigenvalue weighted by Crippen LogP contribution is -2.20. The van der Waals surface area contributed by atoms with E-state index in [-0.39, 0.29) is 12.3 Å². The van der Waals surface area contributed by atoms with Crippen molar-refractivity contribution in [3.63, 3.8) is 0 Å². The van der Waals surface area contributed by atoms with Gasteiger partial charge in [0, 0.05) is 23.7 Å². The highest BCUT2D eigenvalue weighted by Gasteiger charge is 2.15. The molecule has 1 unspecified atom stereocenters. The summed E-state index contributed by atoms with van der Waals surface area (Å²) < 4.78 is 0. The summed E-state index contributed by atoms with van der Waals surface area (Å²) in [6.45, 7) is 4.80. The molecular formula is C16H21N3O2. The third kappa shape index (κ3) is 4.41. The summed E-state index contributed by atoms with van der Waals surface area (Å²) in [5.74, 6) is 0.511. The molecule has 1 aromatic carbocycles. The number of nitrogens with one attached hydrogen (secondary N) is 1. The first-order valence-electron chi connectivity index (χ1n) is 7.22. The number of anilines is 1. The summed E-state index contributed by atoms with van der Waals surface area (Å²) in [4.78, 5) is 11.0. The molecule has 2 rings (SSSR count). The van der Waals surface area contributed by atoms with Crippen LogP contribution < -0.4 is 5.32 Å². The molecule has 0 saturated heterocycles. The van der Waals surface area contributed by atoms with Gasteiger partial charge in [0.2, 0.25) is 0 Å². The number of hydrogen-bond donors (Lipinski definition) is 2. The Hall–Kier alpha value is -2.17. The summed E-state index contributed by atoms with van der Waals surface area (Å²) in [7, 11) is 0. The van der Waals surface area contributed by atoms with Crippen molar-refractivity contribution in [3.8, 4) is 0 Å². The van der Waals surface area contributed by atoms with E-state index in [0.29, 0.717) is 18.3 Å². The number of carbonyl (C=O) groups is 1. The Bertz CT molecular complexity index is 608. The van der Waals surface area contributed by atoms with E-state index in [1.54, 1.807) is 6.20 Å². The molecule has 0 fully saturated rings. The molecule has 21 heavy (non-hydrogen) atoms.